The Morgan fingerprint density at radius 1 is 0.171 bits per heavy atom. The van der Waals surface area contributed by atoms with E-state index < -0.39 is 0 Å². The molecule has 22 aromatic carbocycles. The summed E-state index contributed by atoms with van der Waals surface area (Å²) in [6.45, 7) is 0. The highest BCUT2D eigenvalue weighted by molar-refractivity contribution is 6.13. The van der Waals surface area contributed by atoms with E-state index in [2.05, 4.69) is 370 Å². The fraction of sp³-hybridized carbons (Fsp3) is 0.0146. The summed E-state index contributed by atoms with van der Waals surface area (Å²) in [7, 11) is 0. The number of rotatable bonds is 19. The van der Waals surface area contributed by atoms with Gasteiger partial charge in [-0.1, -0.05) is 424 Å². The first kappa shape index (κ1) is 78.4. The van der Waals surface area contributed by atoms with Crippen molar-refractivity contribution in [2.24, 2.45) is 0 Å². The van der Waals surface area contributed by atoms with E-state index in [4.69, 9.17) is 28.7 Å². The van der Waals surface area contributed by atoms with Gasteiger partial charge in [0.2, 0.25) is 5.95 Å². The first-order chi connectivity index (χ1) is 76.5. The number of hydrogen-bond acceptors (Lipinski definition) is 5. The lowest BCUT2D eigenvalue weighted by atomic mass is 9.99. The zero-order valence-corrected chi connectivity index (χ0v) is 79.5. The molecular weight excluding hydrogens is 1770 g/mol. The molecule has 0 saturated carbocycles. The van der Waals surface area contributed by atoms with Gasteiger partial charge in [-0.2, -0.15) is 9.97 Å². The normalized spacial score (nSPS) is 12.2. The molecule has 0 aliphatic carbocycles. The average molecular weight is 1880 g/mol. The second-order valence-corrected chi connectivity index (χ2v) is 36.1. The molecule has 5 heterocycles. The molecule has 2 N–H and O–H groups in total. The predicted molar refractivity (Wildman–Crippen MR) is 613 cm³/mol. The minimum Gasteiger partial charge on any atom is -0.356 e. The summed E-state index contributed by atoms with van der Waals surface area (Å²) >= 11 is 0. The van der Waals surface area contributed by atoms with Gasteiger partial charge in [0.05, 0.1) is 57.8 Å². The number of hydrogen-bond donors (Lipinski definition) is 2. The summed E-state index contributed by atoms with van der Waals surface area (Å²) < 4.78 is 90.3. The van der Waals surface area contributed by atoms with Crippen LogP contribution in [0.5, 0.6) is 0 Å². The van der Waals surface area contributed by atoms with Crippen LogP contribution in [0.1, 0.15) is 36.0 Å². The van der Waals surface area contributed by atoms with Crippen molar-refractivity contribution in [3.63, 3.8) is 0 Å². The third-order valence-corrected chi connectivity index (χ3v) is 26.8. The molecule has 9 heteroatoms. The molecule has 27 rings (SSSR count). The largest absolute Gasteiger partial charge is 0.356 e. The third kappa shape index (κ3) is 18.8. The first-order valence-electron chi connectivity index (χ1n) is 53.9. The van der Waals surface area contributed by atoms with Gasteiger partial charge in [0.25, 0.3) is 0 Å². The monoisotopic (exact) mass is 1880 g/mol. The summed E-state index contributed by atoms with van der Waals surface area (Å²) in [5.41, 5.74) is 31.9. The molecule has 27 aromatic rings. The molecule has 0 aliphatic rings. The summed E-state index contributed by atoms with van der Waals surface area (Å²) in [4.78, 5) is 15.0. The Balaban J connectivity index is 0.000000110. The van der Waals surface area contributed by atoms with Crippen LogP contribution in [0.25, 0.3) is 189 Å². The number of benzene rings is 22. The van der Waals surface area contributed by atoms with Gasteiger partial charge in [0, 0.05) is 94.0 Å². The summed E-state index contributed by atoms with van der Waals surface area (Å²) in [6, 6.07) is 171. The molecule has 0 unspecified atom stereocenters. The Labute approximate surface area is 862 Å². The smallest absolute Gasteiger partial charge is 0.238 e. The maximum absolute atomic E-state index is 8.59. The van der Waals surface area contributed by atoms with Crippen LogP contribution >= 0.6 is 0 Å². The highest BCUT2D eigenvalue weighted by Gasteiger charge is 2.22. The van der Waals surface area contributed by atoms with Gasteiger partial charge in [-0.3, -0.25) is 4.57 Å². The summed E-state index contributed by atoms with van der Waals surface area (Å²) in [5, 5.41) is 16.2. The molecule has 0 atom stereocenters. The lowest BCUT2D eigenvalue weighted by Gasteiger charge is -2.11. The molecule has 0 spiro atoms. The van der Waals surface area contributed by atoms with Crippen molar-refractivity contribution in [2.75, 3.05) is 10.6 Å². The number of nitrogens with one attached hydrogen (secondary N) is 2. The molecule has 0 saturated heterocycles. The Morgan fingerprint density at radius 2 is 0.473 bits per heavy atom. The van der Waals surface area contributed by atoms with Gasteiger partial charge in [0.15, 0.2) is 11.6 Å². The maximum atomic E-state index is 8.59. The van der Waals surface area contributed by atoms with Crippen molar-refractivity contribution >= 4 is 110 Å². The number of fused-ring (bicyclic) bond motifs is 12. The van der Waals surface area contributed by atoms with Crippen molar-refractivity contribution < 1.29 is 13.7 Å². The zero-order chi connectivity index (χ0) is 106. The van der Waals surface area contributed by atoms with E-state index in [-0.39, 0.29) is 71.7 Å². The minimum absolute atomic E-state index is 0.168. The number of aromatic nitrogens is 7. The number of nitrogens with zero attached hydrogens (tertiary/aromatic N) is 7. The van der Waals surface area contributed by atoms with E-state index in [9.17, 15) is 0 Å². The van der Waals surface area contributed by atoms with Gasteiger partial charge < -0.3 is 24.3 Å². The Bertz CT molecular complexity index is 9860. The van der Waals surface area contributed by atoms with Crippen molar-refractivity contribution in [3.05, 3.63) is 586 Å². The van der Waals surface area contributed by atoms with Crippen LogP contribution in [0.4, 0.5) is 22.7 Å². The average Bonchev–Trinajstić information content (AvgIpc) is 1.57. The van der Waals surface area contributed by atoms with Crippen LogP contribution in [0.15, 0.2) is 564 Å². The SMILES string of the molecule is [2H]c1c([2H])c([2H])c(-c2ccc(Nc3ccc4c(c3)c3ccccc3n4-c3ccccc3)cc2)c([2H])c1[2H].[2H]c1c([2H])c([2H])c(-n2c3ccccc3c3ccc(Cc4ccc(-c5ccccc5)cc4)cc32)c([2H])c1[2H].c1ccc(-c2ccc(Cc3ccc4c(c3)c3ccccc3n4-c3nc(-c4ccccc4)nc(-c4ccccc4)n3)cc2)cc1.c1ccc(-c2cccc(Nc3cccc(-c4ccc5c6ccccc6n(-c6ccccc6)c5c4)c3)c2)cc1. The van der Waals surface area contributed by atoms with E-state index in [1.165, 1.54) is 105 Å². The molecule has 0 bridgehead atoms. The number of anilines is 4. The highest BCUT2D eigenvalue weighted by atomic mass is 15.2. The van der Waals surface area contributed by atoms with Crippen molar-refractivity contribution in [2.45, 2.75) is 12.8 Å². The van der Waals surface area contributed by atoms with Crippen LogP contribution in [0.2, 0.25) is 0 Å². The van der Waals surface area contributed by atoms with Gasteiger partial charge >= 0.3 is 0 Å². The fourth-order valence-corrected chi connectivity index (χ4v) is 19.9. The quantitative estimate of drug-likeness (QED) is 0.0843. The molecule has 0 radical (unpaired) electrons. The molecular formula is C137H99N9. The third-order valence-electron chi connectivity index (χ3n) is 26.8. The van der Waals surface area contributed by atoms with Crippen molar-refractivity contribution in [3.8, 4) is 101 Å². The second-order valence-electron chi connectivity index (χ2n) is 36.1. The van der Waals surface area contributed by atoms with Crippen molar-refractivity contribution in [1.82, 2.24) is 33.2 Å². The second kappa shape index (κ2) is 40.8. The first-order valence-corrected chi connectivity index (χ1v) is 48.9. The van der Waals surface area contributed by atoms with Crippen LogP contribution in [0.3, 0.4) is 0 Å². The van der Waals surface area contributed by atoms with Gasteiger partial charge in [-0.15, -0.1) is 0 Å². The molecule has 0 aliphatic heterocycles. The molecule has 146 heavy (non-hydrogen) atoms. The highest BCUT2D eigenvalue weighted by Crippen LogP contribution is 2.42. The van der Waals surface area contributed by atoms with E-state index in [1.54, 1.807) is 12.1 Å². The van der Waals surface area contributed by atoms with Crippen LogP contribution < -0.4 is 10.6 Å². The van der Waals surface area contributed by atoms with Crippen LogP contribution in [0, 0.1) is 0 Å². The zero-order valence-electron chi connectivity index (χ0n) is 89.5. The fourth-order valence-electron chi connectivity index (χ4n) is 19.9. The molecule has 5 aromatic heterocycles. The Morgan fingerprint density at radius 3 is 0.979 bits per heavy atom. The van der Waals surface area contributed by atoms with Gasteiger partial charge in [-0.05, 0) is 230 Å². The van der Waals surface area contributed by atoms with Gasteiger partial charge in [-0.25, -0.2) is 4.98 Å². The number of para-hydroxylation sites is 7. The Hall–Kier alpha value is -19.4. The van der Waals surface area contributed by atoms with E-state index in [0.29, 0.717) is 29.6 Å². The summed E-state index contributed by atoms with van der Waals surface area (Å²) in [5.74, 6) is 1.90. The molecule has 692 valence electrons. The molecule has 0 fully saturated rings. The van der Waals surface area contributed by atoms with Crippen LogP contribution in [-0.4, -0.2) is 33.2 Å². The van der Waals surface area contributed by atoms with E-state index in [1.807, 2.05) is 150 Å². The lowest BCUT2D eigenvalue weighted by Crippen LogP contribution is -2.06. The van der Waals surface area contributed by atoms with Crippen LogP contribution in [-0.2, 0) is 12.8 Å². The minimum atomic E-state index is -0.390. The Kier molecular flexibility index (Phi) is 21.9. The molecule has 9 nitrogen and oxygen atoms in total. The maximum Gasteiger partial charge on any atom is 0.238 e. The summed E-state index contributed by atoms with van der Waals surface area (Å²) in [6.07, 6.45) is 1.57. The lowest BCUT2D eigenvalue weighted by molar-refractivity contribution is 0.953. The topological polar surface area (TPSA) is 82.5 Å². The molecule has 0 amide bonds. The predicted octanol–water partition coefficient (Wildman–Crippen LogP) is 35.7. The van der Waals surface area contributed by atoms with E-state index in [0.717, 1.165) is 101 Å². The standard InChI is InChI=1S/C40H28N4.C36H26N2.C31H23N.C30H22N2/c1-4-12-30(13-5-1)31-23-20-28(21-24-31)26-29-22-25-37-35(27-29)34-18-10-11-19-36(34)44(37)40-42-38(32-14-6-2-7-15-32)41-39(43-40)33-16-8-3-9-17-33;1-3-11-26(12-4-1)27-13-9-15-30(23-27)37-31-16-10-14-28(24-31)29-21-22-34-33-19-7-8-20-35(33)38(36(34)25-29)32-17-5-2-6-18-32;1-3-9-25(10-4-1)26-18-15-23(16-19-26)21-24-17-20-29-28-13-7-8-14-30(28)32(31(29)22-24)27-11-5-2-6-12-27;1-3-9-22(10-4-1)23-15-17-24(18-16-23)31-25-19-20-30-28(21-25)27-13-7-8-14-29(27)32(30)26-11-5-2-6-12-26/h1-25,27H,26H2;1-25,37H;1-20,22H,21H2;1-21,31H/i;;2D,5D,6D,11D,12D;1D,3D,4D,9D,10D. The van der Waals surface area contributed by atoms with Gasteiger partial charge in [0.1, 0.15) is 0 Å². The van der Waals surface area contributed by atoms with E-state index >= 15 is 0 Å². The van der Waals surface area contributed by atoms with Crippen molar-refractivity contribution in [1.29, 1.82) is 0 Å².